The van der Waals surface area contributed by atoms with E-state index in [-0.39, 0.29) is 16.9 Å². The molecule has 29 heavy (non-hydrogen) atoms. The Labute approximate surface area is 166 Å². The van der Waals surface area contributed by atoms with Crippen LogP contribution in [0.25, 0.3) is 0 Å². The molecule has 10 heteroatoms. The second-order valence-electron chi connectivity index (χ2n) is 7.23. The van der Waals surface area contributed by atoms with Crippen molar-refractivity contribution in [3.05, 3.63) is 54.2 Å². The molecule has 0 spiro atoms. The largest absolute Gasteiger partial charge is 0.382 e. The van der Waals surface area contributed by atoms with Crippen LogP contribution in [0.15, 0.2) is 47.2 Å². The lowest BCUT2D eigenvalue weighted by atomic mass is 9.93. The molecule has 10 nitrogen and oxygen atoms in total. The van der Waals surface area contributed by atoms with E-state index in [0.29, 0.717) is 23.0 Å². The monoisotopic (exact) mass is 395 g/mol. The predicted molar refractivity (Wildman–Crippen MR) is 109 cm³/mol. The quantitative estimate of drug-likeness (QED) is 0.530. The molecule has 0 aliphatic carbocycles. The fourth-order valence-corrected chi connectivity index (χ4v) is 2.32. The molecule has 0 saturated carbocycles. The van der Waals surface area contributed by atoms with E-state index in [1.54, 1.807) is 30.3 Å². The topological polar surface area (TPSA) is 148 Å². The van der Waals surface area contributed by atoms with Crippen LogP contribution in [0.2, 0.25) is 0 Å². The molecule has 150 valence electrons. The van der Waals surface area contributed by atoms with Gasteiger partial charge in [0, 0.05) is 35.2 Å². The Hall–Kier alpha value is -3.95. The molecule has 0 bridgehead atoms. The Morgan fingerprint density at radius 3 is 2.17 bits per heavy atom. The van der Waals surface area contributed by atoms with E-state index >= 15 is 0 Å². The van der Waals surface area contributed by atoms with Crippen molar-refractivity contribution in [2.75, 3.05) is 21.7 Å². The van der Waals surface area contributed by atoms with Gasteiger partial charge in [0.2, 0.25) is 0 Å². The summed E-state index contributed by atoms with van der Waals surface area (Å²) >= 11 is 0. The second kappa shape index (κ2) is 7.97. The first kappa shape index (κ1) is 19.8. The molecule has 0 aliphatic heterocycles. The van der Waals surface area contributed by atoms with Gasteiger partial charge < -0.3 is 20.9 Å². The first-order valence-corrected chi connectivity index (χ1v) is 8.75. The third-order valence-corrected chi connectivity index (χ3v) is 3.83. The summed E-state index contributed by atoms with van der Waals surface area (Å²) < 4.78 is 5.23. The first-order chi connectivity index (χ1) is 13.7. The van der Waals surface area contributed by atoms with Crippen LogP contribution in [0.4, 0.5) is 27.8 Å². The van der Waals surface area contributed by atoms with Gasteiger partial charge >= 0.3 is 6.03 Å². The lowest BCUT2D eigenvalue weighted by Crippen LogP contribution is -2.20. The summed E-state index contributed by atoms with van der Waals surface area (Å²) in [5.74, 6) is 0.548. The summed E-state index contributed by atoms with van der Waals surface area (Å²) in [7, 11) is 0. The number of urea groups is 1. The summed E-state index contributed by atoms with van der Waals surface area (Å²) in [6.45, 7) is 5.95. The maximum Gasteiger partial charge on any atom is 0.324 e. The van der Waals surface area contributed by atoms with Gasteiger partial charge in [-0.15, -0.1) is 0 Å². The highest BCUT2D eigenvalue weighted by Gasteiger charge is 2.20. The number of hydrogen-bond donors (Lipinski definition) is 4. The lowest BCUT2D eigenvalue weighted by Gasteiger charge is -2.12. The molecule has 0 saturated heterocycles. The van der Waals surface area contributed by atoms with Crippen molar-refractivity contribution in [1.82, 2.24) is 15.1 Å². The fraction of sp³-hybridized carbons (Fsp3) is 0.211. The highest BCUT2D eigenvalue weighted by Crippen LogP contribution is 2.24. The fourth-order valence-electron chi connectivity index (χ4n) is 2.32. The van der Waals surface area contributed by atoms with Gasteiger partial charge in [0.05, 0.1) is 0 Å². The summed E-state index contributed by atoms with van der Waals surface area (Å²) in [6.07, 6.45) is 2.79. The van der Waals surface area contributed by atoms with Crippen molar-refractivity contribution in [1.29, 1.82) is 0 Å². The zero-order valence-corrected chi connectivity index (χ0v) is 16.2. The minimum Gasteiger partial charge on any atom is -0.382 e. The number of anilines is 4. The molecule has 1 aromatic carbocycles. The molecule has 0 fully saturated rings. The predicted octanol–water partition coefficient (Wildman–Crippen LogP) is 3.24. The van der Waals surface area contributed by atoms with Crippen molar-refractivity contribution in [2.45, 2.75) is 26.2 Å². The van der Waals surface area contributed by atoms with Crippen LogP contribution in [-0.4, -0.2) is 27.1 Å². The molecule has 2 heterocycles. The SMILES string of the molecule is CC(C)(C)c1cc(NC(=O)Nc2ccc(NC(=O)c3nccnc3N)cc2)no1. The summed E-state index contributed by atoms with van der Waals surface area (Å²) in [5.41, 5.74) is 6.51. The zero-order chi connectivity index (χ0) is 21.0. The number of carbonyl (C=O) groups excluding carboxylic acids is 2. The van der Waals surface area contributed by atoms with Crippen LogP contribution < -0.4 is 21.7 Å². The van der Waals surface area contributed by atoms with Crippen molar-refractivity contribution in [2.24, 2.45) is 0 Å². The van der Waals surface area contributed by atoms with Crippen molar-refractivity contribution in [3.63, 3.8) is 0 Å². The van der Waals surface area contributed by atoms with Crippen molar-refractivity contribution >= 4 is 34.9 Å². The van der Waals surface area contributed by atoms with E-state index < -0.39 is 11.9 Å². The minimum atomic E-state index is -0.477. The van der Waals surface area contributed by atoms with E-state index in [4.69, 9.17) is 10.3 Å². The molecule has 3 amide bonds. The third kappa shape index (κ3) is 5.06. The Morgan fingerprint density at radius 2 is 1.59 bits per heavy atom. The molecule has 3 rings (SSSR count). The van der Waals surface area contributed by atoms with Gasteiger partial charge in [-0.05, 0) is 24.3 Å². The number of nitrogens with two attached hydrogens (primary N) is 1. The molecule has 0 aliphatic rings. The normalized spacial score (nSPS) is 11.0. The number of nitrogens with zero attached hydrogens (tertiary/aromatic N) is 3. The Morgan fingerprint density at radius 1 is 0.966 bits per heavy atom. The molecule has 2 aromatic heterocycles. The average Bonchev–Trinajstić information content (AvgIpc) is 3.12. The molecule has 0 unspecified atom stereocenters. The van der Waals surface area contributed by atoms with E-state index in [0.717, 1.165) is 0 Å². The standard InChI is InChI=1S/C19H21N7O3/c1-19(2,3)13-10-14(26-29-13)25-18(28)24-12-6-4-11(5-7-12)23-17(27)15-16(20)22-9-8-21-15/h4-10H,1-3H3,(H2,20,22)(H,23,27)(H2,24,25,26,28). The van der Waals surface area contributed by atoms with Crippen molar-refractivity contribution < 1.29 is 14.1 Å². The number of hydrogen-bond acceptors (Lipinski definition) is 7. The maximum atomic E-state index is 12.2. The molecular weight excluding hydrogens is 374 g/mol. The Kier molecular flexibility index (Phi) is 5.44. The Bertz CT molecular complexity index is 1020. The summed E-state index contributed by atoms with van der Waals surface area (Å²) in [5, 5.41) is 11.8. The molecule has 0 atom stereocenters. The number of nitrogen functional groups attached to an aromatic ring is 1. The minimum absolute atomic E-state index is 0.0383. The van der Waals surface area contributed by atoms with E-state index in [1.807, 2.05) is 20.8 Å². The first-order valence-electron chi connectivity index (χ1n) is 8.75. The Balaban J connectivity index is 1.57. The summed E-state index contributed by atoms with van der Waals surface area (Å²) in [4.78, 5) is 32.0. The zero-order valence-electron chi connectivity index (χ0n) is 16.2. The third-order valence-electron chi connectivity index (χ3n) is 3.83. The van der Waals surface area contributed by atoms with Crippen LogP contribution in [0, 0.1) is 0 Å². The number of rotatable bonds is 4. The van der Waals surface area contributed by atoms with E-state index in [9.17, 15) is 9.59 Å². The van der Waals surface area contributed by atoms with E-state index in [1.165, 1.54) is 12.4 Å². The van der Waals surface area contributed by atoms with Crippen LogP contribution >= 0.6 is 0 Å². The highest BCUT2D eigenvalue weighted by molar-refractivity contribution is 6.05. The molecule has 0 radical (unpaired) electrons. The van der Waals surface area contributed by atoms with Crippen LogP contribution in [0.1, 0.15) is 37.0 Å². The van der Waals surface area contributed by atoms with Gasteiger partial charge in [0.25, 0.3) is 5.91 Å². The van der Waals surface area contributed by atoms with Gasteiger partial charge in [-0.3, -0.25) is 10.1 Å². The lowest BCUT2D eigenvalue weighted by molar-refractivity contribution is 0.102. The number of nitrogens with one attached hydrogen (secondary N) is 3. The summed E-state index contributed by atoms with van der Waals surface area (Å²) in [6, 6.07) is 7.75. The second-order valence-corrected chi connectivity index (χ2v) is 7.23. The van der Waals surface area contributed by atoms with Crippen LogP contribution in [-0.2, 0) is 5.41 Å². The van der Waals surface area contributed by atoms with Crippen LogP contribution in [0.5, 0.6) is 0 Å². The van der Waals surface area contributed by atoms with Crippen LogP contribution in [0.3, 0.4) is 0 Å². The van der Waals surface area contributed by atoms with E-state index in [2.05, 4.69) is 31.1 Å². The number of amides is 3. The molecule has 5 N–H and O–H groups in total. The molecular formula is C19H21N7O3. The molecule has 3 aromatic rings. The van der Waals surface area contributed by atoms with Gasteiger partial charge in [-0.25, -0.2) is 14.8 Å². The number of aromatic nitrogens is 3. The smallest absolute Gasteiger partial charge is 0.324 e. The highest BCUT2D eigenvalue weighted by atomic mass is 16.5. The average molecular weight is 395 g/mol. The maximum absolute atomic E-state index is 12.2. The number of carbonyl (C=O) groups is 2. The van der Waals surface area contributed by atoms with Crippen molar-refractivity contribution in [3.8, 4) is 0 Å². The van der Waals surface area contributed by atoms with Gasteiger partial charge in [-0.1, -0.05) is 25.9 Å². The van der Waals surface area contributed by atoms with Gasteiger partial charge in [0.15, 0.2) is 17.3 Å². The van der Waals surface area contributed by atoms with Gasteiger partial charge in [0.1, 0.15) is 5.76 Å². The number of benzene rings is 1. The van der Waals surface area contributed by atoms with Gasteiger partial charge in [-0.2, -0.15) is 0 Å².